The molecule has 0 unspecified atom stereocenters. The monoisotopic (exact) mass is 363 g/mol. The zero-order valence-electron chi connectivity index (χ0n) is 12.5. The highest BCUT2D eigenvalue weighted by Crippen LogP contribution is 2.28. The summed E-state index contributed by atoms with van der Waals surface area (Å²) in [5.74, 6) is -2.28. The molecule has 10 heteroatoms. The van der Waals surface area contributed by atoms with E-state index in [1.54, 1.807) is 4.72 Å². The van der Waals surface area contributed by atoms with Crippen LogP contribution in [-0.4, -0.2) is 26.3 Å². The number of esters is 2. The maximum atomic E-state index is 12.1. The van der Waals surface area contributed by atoms with Crippen molar-refractivity contribution in [2.45, 2.75) is 32.0 Å². The summed E-state index contributed by atoms with van der Waals surface area (Å²) in [5, 5.41) is -0.160. The molecule has 1 amide bonds. The van der Waals surface area contributed by atoms with Crippen molar-refractivity contribution in [3.8, 4) is 0 Å². The predicted octanol–water partition coefficient (Wildman–Crippen LogP) is 1.29. The van der Waals surface area contributed by atoms with E-state index in [1.165, 1.54) is 12.1 Å². The minimum absolute atomic E-state index is 0.0590. The second-order valence-corrected chi connectivity index (χ2v) is 6.46. The Balaban J connectivity index is 3.33. The lowest BCUT2D eigenvalue weighted by atomic mass is 10.2. The summed E-state index contributed by atoms with van der Waals surface area (Å²) in [7, 11) is -4.22. The third-order valence-electron chi connectivity index (χ3n) is 2.34. The molecule has 0 aliphatic rings. The minimum Gasteiger partial charge on any atom is -0.421 e. The molecule has 0 radical (unpaired) electrons. The zero-order chi connectivity index (χ0) is 17.8. The average Bonchev–Trinajstić information content (AvgIpc) is 2.35. The highest BCUT2D eigenvalue weighted by atomic mass is 35.5. The van der Waals surface area contributed by atoms with Crippen molar-refractivity contribution >= 4 is 39.5 Å². The number of benzene rings is 1. The summed E-state index contributed by atoms with van der Waals surface area (Å²) < 4.78 is 35.5. The first-order valence-electron chi connectivity index (χ1n) is 6.20. The van der Waals surface area contributed by atoms with Gasteiger partial charge in [0.1, 0.15) is 4.90 Å². The Morgan fingerprint density at radius 3 is 2.04 bits per heavy atom. The number of hydrogen-bond acceptors (Lipinski definition) is 7. The summed E-state index contributed by atoms with van der Waals surface area (Å²) in [4.78, 5) is 32.7. The van der Waals surface area contributed by atoms with Gasteiger partial charge in [0.15, 0.2) is 0 Å². The molecule has 0 aliphatic heterocycles. The van der Waals surface area contributed by atoms with Crippen LogP contribution in [0.5, 0.6) is 0 Å². The van der Waals surface area contributed by atoms with Gasteiger partial charge in [0.25, 0.3) is 16.3 Å². The third-order valence-corrected chi connectivity index (χ3v) is 4.26. The molecule has 0 aliphatic carbocycles. The number of ether oxygens (including phenoxy) is 2. The van der Waals surface area contributed by atoms with Gasteiger partial charge in [0, 0.05) is 26.3 Å². The lowest BCUT2D eigenvalue weighted by Gasteiger charge is -2.18. The first kappa shape index (κ1) is 18.9. The van der Waals surface area contributed by atoms with E-state index in [2.05, 4.69) is 0 Å². The second-order valence-electron chi connectivity index (χ2n) is 4.40. The van der Waals surface area contributed by atoms with E-state index in [4.69, 9.17) is 21.1 Å². The lowest BCUT2D eigenvalue weighted by molar-refractivity contribution is -0.186. The molecule has 8 nitrogen and oxygen atoms in total. The van der Waals surface area contributed by atoms with E-state index in [-0.39, 0.29) is 10.6 Å². The molecule has 126 valence electrons. The second kappa shape index (κ2) is 7.42. The van der Waals surface area contributed by atoms with Gasteiger partial charge in [-0.15, -0.1) is 0 Å². The lowest BCUT2D eigenvalue weighted by Crippen LogP contribution is -2.28. The normalized spacial score (nSPS) is 11.0. The van der Waals surface area contributed by atoms with E-state index in [0.29, 0.717) is 0 Å². The average molecular weight is 364 g/mol. The molecule has 1 N–H and O–H groups in total. The fourth-order valence-electron chi connectivity index (χ4n) is 1.58. The molecule has 1 aromatic rings. The predicted molar refractivity (Wildman–Crippen MR) is 78.7 cm³/mol. The van der Waals surface area contributed by atoms with Gasteiger partial charge in [0.05, 0.1) is 5.02 Å². The van der Waals surface area contributed by atoms with Crippen molar-refractivity contribution < 1.29 is 32.3 Å². The van der Waals surface area contributed by atoms with Crippen LogP contribution in [-0.2, 0) is 33.9 Å². The molecule has 1 aromatic carbocycles. The number of carbonyl (C=O) groups excluding carboxylic acids is 3. The molecule has 0 atom stereocenters. The standard InChI is InChI=1S/C13H14ClNO7S/c1-7(16)15-23(19,20)12-6-10(4-5-11(12)14)13(21-8(2)17)22-9(3)18/h4-6,13H,1-3H3,(H,15,16). The van der Waals surface area contributed by atoms with Crippen molar-refractivity contribution in [2.75, 3.05) is 0 Å². The third kappa shape index (κ3) is 5.53. The zero-order valence-corrected chi connectivity index (χ0v) is 14.0. The van der Waals surface area contributed by atoms with Crippen molar-refractivity contribution in [3.05, 3.63) is 28.8 Å². The van der Waals surface area contributed by atoms with Crippen LogP contribution in [0.1, 0.15) is 32.6 Å². The maximum absolute atomic E-state index is 12.1. The van der Waals surface area contributed by atoms with Gasteiger partial charge < -0.3 is 9.47 Å². The van der Waals surface area contributed by atoms with Crippen LogP contribution in [0.4, 0.5) is 0 Å². The SMILES string of the molecule is CC(=O)NS(=O)(=O)c1cc(C(OC(C)=O)OC(C)=O)ccc1Cl. The Kier molecular flexibility index (Phi) is 6.11. The van der Waals surface area contributed by atoms with E-state index >= 15 is 0 Å². The maximum Gasteiger partial charge on any atom is 0.305 e. The summed E-state index contributed by atoms with van der Waals surface area (Å²) >= 11 is 5.83. The van der Waals surface area contributed by atoms with E-state index in [1.807, 2.05) is 0 Å². The summed E-state index contributed by atoms with van der Waals surface area (Å²) in [6, 6.07) is 3.58. The summed E-state index contributed by atoms with van der Waals surface area (Å²) in [5.41, 5.74) is 0.0590. The highest BCUT2D eigenvalue weighted by Gasteiger charge is 2.24. The Hall–Kier alpha value is -2.13. The van der Waals surface area contributed by atoms with Gasteiger partial charge in [-0.05, 0) is 12.1 Å². The largest absolute Gasteiger partial charge is 0.421 e. The van der Waals surface area contributed by atoms with Crippen molar-refractivity contribution in [3.63, 3.8) is 0 Å². The number of sulfonamides is 1. The van der Waals surface area contributed by atoms with E-state index < -0.39 is 39.1 Å². The molecule has 0 heterocycles. The minimum atomic E-state index is -4.22. The van der Waals surface area contributed by atoms with Crippen LogP contribution >= 0.6 is 11.6 Å². The molecule has 0 bridgehead atoms. The number of amides is 1. The molecular weight excluding hydrogens is 350 g/mol. The van der Waals surface area contributed by atoms with Crippen LogP contribution in [0.3, 0.4) is 0 Å². The Bertz CT molecular complexity index is 729. The van der Waals surface area contributed by atoms with Crippen LogP contribution in [0.2, 0.25) is 5.02 Å². The fraction of sp³-hybridized carbons (Fsp3) is 0.308. The first-order chi connectivity index (χ1) is 10.5. The van der Waals surface area contributed by atoms with Gasteiger partial charge in [-0.25, -0.2) is 13.1 Å². The molecule has 0 saturated heterocycles. The Labute approximate surface area is 137 Å². The molecule has 23 heavy (non-hydrogen) atoms. The highest BCUT2D eigenvalue weighted by molar-refractivity contribution is 7.90. The first-order valence-corrected chi connectivity index (χ1v) is 8.06. The Morgan fingerprint density at radius 2 is 1.61 bits per heavy atom. The number of nitrogens with one attached hydrogen (secondary N) is 1. The molecule has 0 saturated carbocycles. The smallest absolute Gasteiger partial charge is 0.305 e. The quantitative estimate of drug-likeness (QED) is 0.618. The Morgan fingerprint density at radius 1 is 1.09 bits per heavy atom. The molecule has 0 fully saturated rings. The van der Waals surface area contributed by atoms with Crippen molar-refractivity contribution in [1.29, 1.82) is 0 Å². The topological polar surface area (TPSA) is 116 Å². The van der Waals surface area contributed by atoms with Crippen LogP contribution in [0.25, 0.3) is 0 Å². The van der Waals surface area contributed by atoms with Crippen LogP contribution in [0, 0.1) is 0 Å². The number of rotatable bonds is 5. The van der Waals surface area contributed by atoms with Crippen LogP contribution in [0.15, 0.2) is 23.1 Å². The van der Waals surface area contributed by atoms with Gasteiger partial charge in [0.2, 0.25) is 5.91 Å². The molecule has 0 spiro atoms. The van der Waals surface area contributed by atoms with Crippen molar-refractivity contribution in [1.82, 2.24) is 4.72 Å². The van der Waals surface area contributed by atoms with Crippen molar-refractivity contribution in [2.24, 2.45) is 0 Å². The number of carbonyl (C=O) groups is 3. The van der Waals surface area contributed by atoms with Gasteiger partial charge >= 0.3 is 11.9 Å². The summed E-state index contributed by atoms with van der Waals surface area (Å²) in [6.07, 6.45) is -1.44. The van der Waals surface area contributed by atoms with Gasteiger partial charge in [-0.1, -0.05) is 17.7 Å². The number of hydrogen-bond donors (Lipinski definition) is 1. The van der Waals surface area contributed by atoms with Gasteiger partial charge in [-0.2, -0.15) is 0 Å². The molecule has 0 aromatic heterocycles. The molecule has 1 rings (SSSR count). The molecular formula is C13H14ClNO7S. The number of halogens is 1. The summed E-state index contributed by atoms with van der Waals surface area (Å²) in [6.45, 7) is 3.22. The van der Waals surface area contributed by atoms with Crippen LogP contribution < -0.4 is 4.72 Å². The van der Waals surface area contributed by atoms with E-state index in [9.17, 15) is 22.8 Å². The van der Waals surface area contributed by atoms with Gasteiger partial charge in [-0.3, -0.25) is 14.4 Å². The fourth-order valence-corrected chi connectivity index (χ4v) is 3.10. The van der Waals surface area contributed by atoms with E-state index in [0.717, 1.165) is 26.8 Å².